The first kappa shape index (κ1) is 34.3. The second-order valence-corrected chi connectivity index (χ2v) is 14.2. The molecular formula is C36H37Cl2N3O5S. The van der Waals surface area contributed by atoms with Gasteiger partial charge in [-0.2, -0.15) is 0 Å². The van der Waals surface area contributed by atoms with Gasteiger partial charge >= 0.3 is 0 Å². The Morgan fingerprint density at radius 3 is 2.17 bits per heavy atom. The Morgan fingerprint density at radius 1 is 0.851 bits per heavy atom. The highest BCUT2D eigenvalue weighted by atomic mass is 35.5. The number of benzene rings is 4. The first-order valence-corrected chi connectivity index (χ1v) is 17.6. The van der Waals surface area contributed by atoms with Gasteiger partial charge in [0, 0.05) is 29.1 Å². The summed E-state index contributed by atoms with van der Waals surface area (Å²) in [6.07, 6.45) is 4.04. The van der Waals surface area contributed by atoms with Crippen molar-refractivity contribution in [3.63, 3.8) is 0 Å². The molecule has 1 atom stereocenters. The Kier molecular flexibility index (Phi) is 11.4. The average Bonchev–Trinajstić information content (AvgIpc) is 3.59. The molecule has 0 bridgehead atoms. The van der Waals surface area contributed by atoms with Crippen LogP contribution < -0.4 is 14.4 Å². The number of nitrogens with one attached hydrogen (secondary N) is 1. The summed E-state index contributed by atoms with van der Waals surface area (Å²) in [6, 6.07) is 27.9. The molecule has 8 nitrogen and oxygen atoms in total. The minimum atomic E-state index is -4.27. The second-order valence-electron chi connectivity index (χ2n) is 11.5. The number of nitrogens with zero attached hydrogens (tertiary/aromatic N) is 2. The van der Waals surface area contributed by atoms with E-state index in [1.54, 1.807) is 54.6 Å². The number of anilines is 1. The number of hydrogen-bond acceptors (Lipinski definition) is 5. The predicted molar refractivity (Wildman–Crippen MR) is 185 cm³/mol. The van der Waals surface area contributed by atoms with Gasteiger partial charge in [-0.3, -0.25) is 13.9 Å². The van der Waals surface area contributed by atoms with Gasteiger partial charge in [0.05, 0.1) is 17.7 Å². The van der Waals surface area contributed by atoms with Crippen molar-refractivity contribution in [3.8, 4) is 5.75 Å². The largest absolute Gasteiger partial charge is 0.497 e. The van der Waals surface area contributed by atoms with E-state index in [4.69, 9.17) is 27.9 Å². The molecule has 0 spiro atoms. The number of rotatable bonds is 13. The molecule has 47 heavy (non-hydrogen) atoms. The van der Waals surface area contributed by atoms with Crippen molar-refractivity contribution >= 4 is 50.7 Å². The van der Waals surface area contributed by atoms with E-state index >= 15 is 0 Å². The fourth-order valence-corrected chi connectivity index (χ4v) is 7.46. The summed E-state index contributed by atoms with van der Waals surface area (Å²) < 4.78 is 34.6. The van der Waals surface area contributed by atoms with E-state index in [2.05, 4.69) is 5.32 Å². The van der Waals surface area contributed by atoms with Crippen LogP contribution in [0.4, 0.5) is 5.69 Å². The third-order valence-corrected chi connectivity index (χ3v) is 10.5. The average molecular weight is 695 g/mol. The maximum Gasteiger partial charge on any atom is 0.264 e. The zero-order valence-corrected chi connectivity index (χ0v) is 28.3. The van der Waals surface area contributed by atoms with Crippen molar-refractivity contribution in [1.82, 2.24) is 10.2 Å². The van der Waals surface area contributed by atoms with Crippen LogP contribution in [0.1, 0.15) is 36.8 Å². The Bertz CT molecular complexity index is 1760. The summed E-state index contributed by atoms with van der Waals surface area (Å²) >= 11 is 12.5. The maximum atomic E-state index is 14.6. The van der Waals surface area contributed by atoms with Crippen LogP contribution >= 0.6 is 23.2 Å². The van der Waals surface area contributed by atoms with Crippen molar-refractivity contribution in [2.75, 3.05) is 18.0 Å². The first-order valence-electron chi connectivity index (χ1n) is 15.4. The van der Waals surface area contributed by atoms with Gasteiger partial charge in [-0.1, -0.05) is 84.6 Å². The molecule has 0 aliphatic heterocycles. The highest BCUT2D eigenvalue weighted by Crippen LogP contribution is 2.28. The number of methoxy groups -OCH3 is 1. The van der Waals surface area contributed by atoms with Crippen LogP contribution in [-0.4, -0.2) is 50.9 Å². The fourth-order valence-electron chi connectivity index (χ4n) is 5.74. The van der Waals surface area contributed by atoms with Gasteiger partial charge in [-0.05, 0) is 78.6 Å². The first-order chi connectivity index (χ1) is 22.6. The molecule has 0 radical (unpaired) electrons. The van der Waals surface area contributed by atoms with Crippen LogP contribution in [0.3, 0.4) is 0 Å². The Hall–Kier alpha value is -4.05. The monoisotopic (exact) mass is 693 g/mol. The van der Waals surface area contributed by atoms with Crippen LogP contribution in [0.2, 0.25) is 10.0 Å². The van der Waals surface area contributed by atoms with E-state index < -0.39 is 28.5 Å². The molecule has 1 fully saturated rings. The van der Waals surface area contributed by atoms with Gasteiger partial charge in [-0.25, -0.2) is 8.42 Å². The van der Waals surface area contributed by atoms with Gasteiger partial charge in [-0.15, -0.1) is 0 Å². The fraction of sp³-hybridized carbons (Fsp3) is 0.278. The maximum absolute atomic E-state index is 14.6. The van der Waals surface area contributed by atoms with Crippen molar-refractivity contribution < 1.29 is 22.7 Å². The number of hydrogen-bond donors (Lipinski definition) is 1. The third kappa shape index (κ3) is 8.86. The topological polar surface area (TPSA) is 96.0 Å². The molecule has 5 rings (SSSR count). The van der Waals surface area contributed by atoms with Gasteiger partial charge in [0.25, 0.3) is 10.0 Å². The van der Waals surface area contributed by atoms with Crippen LogP contribution in [0, 0.1) is 0 Å². The lowest BCUT2D eigenvalue weighted by Crippen LogP contribution is -2.54. The number of ether oxygens (including phenoxy) is 1. The molecule has 1 saturated carbocycles. The SMILES string of the molecule is COc1ccc(S(=O)(=O)N(CC(=O)N(Cc2ccc(Cl)cc2)C(Cc2ccccc2)C(=O)NC2CCCC2)c2cccc(Cl)c2)cc1. The molecule has 2 amide bonds. The normalized spacial score (nSPS) is 13.9. The lowest BCUT2D eigenvalue weighted by Gasteiger charge is -2.34. The molecule has 1 aliphatic carbocycles. The number of carbonyl (C=O) groups excluding carboxylic acids is 2. The Balaban J connectivity index is 1.56. The number of sulfonamides is 1. The quantitative estimate of drug-likeness (QED) is 0.164. The van der Waals surface area contributed by atoms with E-state index in [1.807, 2.05) is 30.3 Å². The zero-order valence-electron chi connectivity index (χ0n) is 26.0. The van der Waals surface area contributed by atoms with Crippen LogP contribution in [0.25, 0.3) is 0 Å². The summed E-state index contributed by atoms with van der Waals surface area (Å²) in [6.45, 7) is -0.526. The molecule has 4 aromatic carbocycles. The smallest absolute Gasteiger partial charge is 0.264 e. The number of halogens is 2. The molecule has 0 aromatic heterocycles. The lowest BCUT2D eigenvalue weighted by atomic mass is 10.0. The van der Waals surface area contributed by atoms with E-state index in [0.717, 1.165) is 41.1 Å². The van der Waals surface area contributed by atoms with Crippen molar-refractivity contribution in [1.29, 1.82) is 0 Å². The Labute approximate surface area is 286 Å². The van der Waals surface area contributed by atoms with E-state index in [0.29, 0.717) is 15.8 Å². The molecule has 0 saturated heterocycles. The van der Waals surface area contributed by atoms with Crippen molar-refractivity contribution in [3.05, 3.63) is 124 Å². The molecule has 1 unspecified atom stereocenters. The van der Waals surface area contributed by atoms with Crippen molar-refractivity contribution in [2.24, 2.45) is 0 Å². The van der Waals surface area contributed by atoms with Gasteiger partial charge < -0.3 is 15.0 Å². The molecule has 4 aromatic rings. The highest BCUT2D eigenvalue weighted by Gasteiger charge is 2.35. The number of carbonyl (C=O) groups is 2. The minimum Gasteiger partial charge on any atom is -0.497 e. The van der Waals surface area contributed by atoms with Crippen LogP contribution in [-0.2, 0) is 32.6 Å². The molecular weight excluding hydrogens is 657 g/mol. The highest BCUT2D eigenvalue weighted by molar-refractivity contribution is 7.92. The molecule has 0 heterocycles. The molecule has 246 valence electrons. The lowest BCUT2D eigenvalue weighted by molar-refractivity contribution is -0.140. The molecule has 11 heteroatoms. The summed E-state index contributed by atoms with van der Waals surface area (Å²) in [4.78, 5) is 30.1. The van der Waals surface area contributed by atoms with Gasteiger partial charge in [0.15, 0.2) is 0 Å². The van der Waals surface area contributed by atoms with Gasteiger partial charge in [0.1, 0.15) is 18.3 Å². The predicted octanol–water partition coefficient (Wildman–Crippen LogP) is 6.90. The minimum absolute atomic E-state index is 0.0201. The number of amides is 2. The molecule has 1 N–H and O–H groups in total. The summed E-state index contributed by atoms with van der Waals surface area (Å²) in [5.74, 6) is -0.351. The van der Waals surface area contributed by atoms with E-state index in [9.17, 15) is 18.0 Å². The van der Waals surface area contributed by atoms with E-state index in [1.165, 1.54) is 30.2 Å². The summed E-state index contributed by atoms with van der Waals surface area (Å²) in [5, 5.41) is 4.01. The van der Waals surface area contributed by atoms with Crippen LogP contribution in [0.5, 0.6) is 5.75 Å². The van der Waals surface area contributed by atoms with E-state index in [-0.39, 0.29) is 35.5 Å². The summed E-state index contributed by atoms with van der Waals surface area (Å²) in [5.41, 5.74) is 1.82. The Morgan fingerprint density at radius 2 is 1.53 bits per heavy atom. The standard InChI is InChI=1S/C36H37Cl2N3O5S/c1-46-32-18-20-33(21-19-32)47(44,45)41(31-13-7-10-29(38)23-31)25-35(42)40(24-27-14-16-28(37)17-15-27)34(22-26-8-3-2-4-9-26)36(43)39-30-11-5-6-12-30/h2-4,7-10,13-21,23,30,34H,5-6,11-12,22,24-25H2,1H3,(H,39,43). The molecule has 1 aliphatic rings. The van der Waals surface area contributed by atoms with Gasteiger partial charge in [0.2, 0.25) is 11.8 Å². The zero-order chi connectivity index (χ0) is 33.4. The third-order valence-electron chi connectivity index (χ3n) is 8.26. The van der Waals surface area contributed by atoms with Crippen LogP contribution in [0.15, 0.2) is 108 Å². The summed E-state index contributed by atoms with van der Waals surface area (Å²) in [7, 11) is -2.78. The van der Waals surface area contributed by atoms with Crippen molar-refractivity contribution in [2.45, 2.75) is 55.6 Å². The second kappa shape index (κ2) is 15.7.